The summed E-state index contributed by atoms with van der Waals surface area (Å²) in [6.07, 6.45) is 3.99. The van der Waals surface area contributed by atoms with Gasteiger partial charge in [0.15, 0.2) is 11.5 Å². The van der Waals surface area contributed by atoms with Gasteiger partial charge < -0.3 is 20.1 Å². The standard InChI is InChI=1S/C23H24N4O4/c1-16(18-7-8-20-21(14-18)31-12-4-11-30-20)25-22(28)26-19-6-2-5-17(13-19)15-27-10-3-9-24-23(27)29/h2-3,5-10,13-14,16H,4,11-12,15H2,1H3,(H2,25,26,28)/t16-/m0/s1. The van der Waals surface area contributed by atoms with Crippen molar-refractivity contribution < 1.29 is 14.3 Å². The van der Waals surface area contributed by atoms with Crippen molar-refractivity contribution >= 4 is 11.7 Å². The third kappa shape index (κ3) is 5.22. The van der Waals surface area contributed by atoms with Crippen LogP contribution < -0.4 is 25.8 Å². The number of anilines is 1. The van der Waals surface area contributed by atoms with E-state index in [0.717, 1.165) is 23.3 Å². The Morgan fingerprint density at radius 2 is 1.97 bits per heavy atom. The molecule has 0 saturated carbocycles. The summed E-state index contributed by atoms with van der Waals surface area (Å²) in [6, 6.07) is 14.2. The fourth-order valence-corrected chi connectivity index (χ4v) is 3.35. The molecule has 160 valence electrons. The van der Waals surface area contributed by atoms with E-state index < -0.39 is 0 Å². The van der Waals surface area contributed by atoms with Crippen LogP contribution in [0.4, 0.5) is 10.5 Å². The summed E-state index contributed by atoms with van der Waals surface area (Å²) < 4.78 is 12.9. The number of carbonyl (C=O) groups is 1. The lowest BCUT2D eigenvalue weighted by atomic mass is 10.1. The molecule has 1 atom stereocenters. The van der Waals surface area contributed by atoms with Crippen molar-refractivity contribution in [1.82, 2.24) is 14.9 Å². The average Bonchev–Trinajstić information content (AvgIpc) is 3.00. The van der Waals surface area contributed by atoms with E-state index >= 15 is 0 Å². The Labute approximate surface area is 179 Å². The lowest BCUT2D eigenvalue weighted by molar-refractivity contribution is 0.249. The molecule has 8 heteroatoms. The minimum Gasteiger partial charge on any atom is -0.490 e. The van der Waals surface area contributed by atoms with E-state index in [-0.39, 0.29) is 17.8 Å². The van der Waals surface area contributed by atoms with Crippen molar-refractivity contribution in [1.29, 1.82) is 0 Å². The van der Waals surface area contributed by atoms with Crippen LogP contribution >= 0.6 is 0 Å². The molecule has 0 radical (unpaired) electrons. The lowest BCUT2D eigenvalue weighted by Gasteiger charge is -2.17. The van der Waals surface area contributed by atoms with Crippen LogP contribution in [-0.2, 0) is 6.54 Å². The van der Waals surface area contributed by atoms with Crippen molar-refractivity contribution in [2.75, 3.05) is 18.5 Å². The van der Waals surface area contributed by atoms with Crippen LogP contribution in [0.25, 0.3) is 0 Å². The van der Waals surface area contributed by atoms with E-state index in [4.69, 9.17) is 9.47 Å². The number of urea groups is 1. The molecule has 4 rings (SSSR count). The number of amides is 2. The fourth-order valence-electron chi connectivity index (χ4n) is 3.35. The summed E-state index contributed by atoms with van der Waals surface area (Å²) in [5.74, 6) is 1.42. The number of ether oxygens (including phenoxy) is 2. The third-order valence-corrected chi connectivity index (χ3v) is 4.94. The van der Waals surface area contributed by atoms with Gasteiger partial charge in [-0.2, -0.15) is 0 Å². The summed E-state index contributed by atoms with van der Waals surface area (Å²) >= 11 is 0. The second-order valence-corrected chi connectivity index (χ2v) is 7.31. The van der Waals surface area contributed by atoms with Gasteiger partial charge in [-0.3, -0.25) is 4.57 Å². The number of nitrogens with one attached hydrogen (secondary N) is 2. The molecule has 2 amide bonds. The third-order valence-electron chi connectivity index (χ3n) is 4.94. The summed E-state index contributed by atoms with van der Waals surface area (Å²) in [6.45, 7) is 3.53. The van der Waals surface area contributed by atoms with Crippen LogP contribution in [-0.4, -0.2) is 28.8 Å². The number of benzene rings is 2. The number of aromatic nitrogens is 2. The SMILES string of the molecule is C[C@H](NC(=O)Nc1cccc(Cn2cccnc2=O)c1)c1ccc2c(c1)OCCCO2. The first-order valence-corrected chi connectivity index (χ1v) is 10.2. The van der Waals surface area contributed by atoms with Crippen molar-refractivity contribution in [3.05, 3.63) is 82.5 Å². The van der Waals surface area contributed by atoms with Gasteiger partial charge in [0.25, 0.3) is 0 Å². The van der Waals surface area contributed by atoms with Gasteiger partial charge in [0, 0.05) is 24.5 Å². The molecular formula is C23H24N4O4. The fraction of sp³-hybridized carbons (Fsp3) is 0.261. The normalized spacial score (nSPS) is 13.7. The van der Waals surface area contributed by atoms with E-state index in [1.807, 2.05) is 43.3 Å². The number of hydrogen-bond donors (Lipinski definition) is 2. The van der Waals surface area contributed by atoms with E-state index in [0.29, 0.717) is 31.2 Å². The molecule has 2 N–H and O–H groups in total. The second kappa shape index (κ2) is 9.34. The van der Waals surface area contributed by atoms with Crippen LogP contribution in [0.3, 0.4) is 0 Å². The monoisotopic (exact) mass is 420 g/mol. The summed E-state index contributed by atoms with van der Waals surface area (Å²) in [7, 11) is 0. The molecule has 31 heavy (non-hydrogen) atoms. The Morgan fingerprint density at radius 3 is 2.81 bits per heavy atom. The first-order chi connectivity index (χ1) is 15.1. The first-order valence-electron chi connectivity index (χ1n) is 10.2. The van der Waals surface area contributed by atoms with E-state index in [9.17, 15) is 9.59 Å². The first kappa shape index (κ1) is 20.5. The van der Waals surface area contributed by atoms with Gasteiger partial charge in [-0.1, -0.05) is 18.2 Å². The van der Waals surface area contributed by atoms with Crippen molar-refractivity contribution in [3.63, 3.8) is 0 Å². The minimum atomic E-state index is -0.324. The van der Waals surface area contributed by atoms with Crippen LogP contribution in [0.2, 0.25) is 0 Å². The molecule has 0 fully saturated rings. The van der Waals surface area contributed by atoms with Gasteiger partial charge in [0.05, 0.1) is 25.8 Å². The molecule has 0 aliphatic carbocycles. The lowest BCUT2D eigenvalue weighted by Crippen LogP contribution is -2.31. The van der Waals surface area contributed by atoms with Gasteiger partial charge in [0.1, 0.15) is 0 Å². The Balaban J connectivity index is 1.39. The zero-order valence-corrected chi connectivity index (χ0v) is 17.2. The Hall–Kier alpha value is -3.81. The summed E-state index contributed by atoms with van der Waals surface area (Å²) in [5, 5.41) is 5.78. The maximum Gasteiger partial charge on any atom is 0.347 e. The molecule has 2 aromatic carbocycles. The van der Waals surface area contributed by atoms with E-state index in [2.05, 4.69) is 15.6 Å². The summed E-state index contributed by atoms with van der Waals surface area (Å²) in [5.41, 5.74) is 2.12. The number of rotatable bonds is 5. The Bertz CT molecular complexity index is 1130. The quantitative estimate of drug-likeness (QED) is 0.660. The molecule has 0 unspecified atom stereocenters. The zero-order valence-electron chi connectivity index (χ0n) is 17.2. The molecule has 0 saturated heterocycles. The highest BCUT2D eigenvalue weighted by Gasteiger charge is 2.15. The molecule has 1 aliphatic heterocycles. The largest absolute Gasteiger partial charge is 0.490 e. The predicted molar refractivity (Wildman–Crippen MR) is 117 cm³/mol. The number of nitrogens with zero attached hydrogens (tertiary/aromatic N) is 2. The minimum absolute atomic E-state index is 0.227. The zero-order chi connectivity index (χ0) is 21.6. The van der Waals surface area contributed by atoms with Crippen molar-refractivity contribution in [2.24, 2.45) is 0 Å². The second-order valence-electron chi connectivity index (χ2n) is 7.31. The van der Waals surface area contributed by atoms with Gasteiger partial charge in [-0.25, -0.2) is 14.6 Å². The van der Waals surface area contributed by atoms with E-state index in [1.54, 1.807) is 18.3 Å². The van der Waals surface area contributed by atoms with Crippen molar-refractivity contribution in [3.8, 4) is 11.5 Å². The number of hydrogen-bond acceptors (Lipinski definition) is 5. The van der Waals surface area contributed by atoms with Gasteiger partial charge in [-0.05, 0) is 48.4 Å². The van der Waals surface area contributed by atoms with Crippen LogP contribution in [0.5, 0.6) is 11.5 Å². The van der Waals surface area contributed by atoms with Crippen LogP contribution in [0.15, 0.2) is 65.7 Å². The molecule has 0 spiro atoms. The smallest absolute Gasteiger partial charge is 0.347 e. The summed E-state index contributed by atoms with van der Waals surface area (Å²) in [4.78, 5) is 28.1. The number of carbonyl (C=O) groups excluding carboxylic acids is 1. The van der Waals surface area contributed by atoms with Gasteiger partial charge >= 0.3 is 11.7 Å². The molecule has 3 aromatic rings. The van der Waals surface area contributed by atoms with Crippen LogP contribution in [0.1, 0.15) is 30.5 Å². The predicted octanol–water partition coefficient (Wildman–Crippen LogP) is 3.34. The molecule has 1 aromatic heterocycles. The van der Waals surface area contributed by atoms with E-state index in [1.165, 1.54) is 10.8 Å². The highest BCUT2D eigenvalue weighted by molar-refractivity contribution is 5.89. The average molecular weight is 420 g/mol. The molecule has 0 bridgehead atoms. The van der Waals surface area contributed by atoms with Crippen LogP contribution in [0, 0.1) is 0 Å². The topological polar surface area (TPSA) is 94.5 Å². The van der Waals surface area contributed by atoms with Gasteiger partial charge in [-0.15, -0.1) is 0 Å². The van der Waals surface area contributed by atoms with Gasteiger partial charge in [0.2, 0.25) is 0 Å². The molecule has 2 heterocycles. The maximum atomic E-state index is 12.5. The maximum absolute atomic E-state index is 12.5. The molecule has 1 aliphatic rings. The molecule has 8 nitrogen and oxygen atoms in total. The van der Waals surface area contributed by atoms with Crippen molar-refractivity contribution in [2.45, 2.75) is 25.9 Å². The number of fused-ring (bicyclic) bond motifs is 1. The molecular weight excluding hydrogens is 396 g/mol. The highest BCUT2D eigenvalue weighted by Crippen LogP contribution is 2.32. The Kier molecular flexibility index (Phi) is 6.16. The Morgan fingerprint density at radius 1 is 1.13 bits per heavy atom. The highest BCUT2D eigenvalue weighted by atomic mass is 16.5.